The molecule has 2 aromatic carbocycles. The molecule has 7 heteroatoms. The van der Waals surface area contributed by atoms with Crippen LogP contribution in [-0.2, 0) is 14.8 Å². The number of benzene rings is 2. The summed E-state index contributed by atoms with van der Waals surface area (Å²) in [6, 6.07) is 14.9. The Balaban J connectivity index is 1.82. The van der Waals surface area contributed by atoms with E-state index in [-0.39, 0.29) is 10.7 Å². The van der Waals surface area contributed by atoms with Crippen molar-refractivity contribution in [1.29, 1.82) is 0 Å². The van der Waals surface area contributed by atoms with Crippen molar-refractivity contribution in [3.05, 3.63) is 89.0 Å². The van der Waals surface area contributed by atoms with E-state index in [9.17, 15) is 13.2 Å². The number of nitrogens with zero attached hydrogens (tertiary/aromatic N) is 1. The third kappa shape index (κ3) is 3.24. The van der Waals surface area contributed by atoms with Crippen molar-refractivity contribution in [3.63, 3.8) is 0 Å². The van der Waals surface area contributed by atoms with E-state index in [1.807, 2.05) is 32.0 Å². The lowest BCUT2D eigenvalue weighted by Crippen LogP contribution is -2.37. The summed E-state index contributed by atoms with van der Waals surface area (Å²) < 4.78 is 35.4. The van der Waals surface area contributed by atoms with Gasteiger partial charge in [0, 0.05) is 17.7 Å². The van der Waals surface area contributed by atoms with Gasteiger partial charge in [0.1, 0.15) is 11.8 Å². The Morgan fingerprint density at radius 3 is 2.56 bits per heavy atom. The number of hydrogen-bond acceptors (Lipinski definition) is 5. The maximum atomic E-state index is 14.2. The molecule has 1 aliphatic carbocycles. The topological polar surface area (TPSA) is 79.6 Å². The van der Waals surface area contributed by atoms with E-state index in [0.29, 0.717) is 35.5 Å². The molecule has 2 aliphatic rings. The van der Waals surface area contributed by atoms with E-state index < -0.39 is 16.1 Å². The fourth-order valence-electron chi connectivity index (χ4n) is 4.46. The van der Waals surface area contributed by atoms with Crippen LogP contribution in [0.1, 0.15) is 42.2 Å². The van der Waals surface area contributed by atoms with Gasteiger partial charge >= 0.3 is 0 Å². The van der Waals surface area contributed by atoms with Crippen LogP contribution in [0.5, 0.6) is 0 Å². The number of ketones is 1. The number of nitrogens with one attached hydrogen (secondary N) is 1. The molecule has 1 atom stereocenters. The van der Waals surface area contributed by atoms with Gasteiger partial charge in [-0.15, -0.1) is 0 Å². The van der Waals surface area contributed by atoms with Gasteiger partial charge in [0.05, 0.1) is 22.5 Å². The molecule has 1 aliphatic heterocycles. The van der Waals surface area contributed by atoms with Crippen LogP contribution in [0.3, 0.4) is 0 Å². The van der Waals surface area contributed by atoms with Crippen LogP contribution >= 0.6 is 0 Å². The van der Waals surface area contributed by atoms with Crippen molar-refractivity contribution in [2.75, 3.05) is 9.62 Å². The monoisotopic (exact) mass is 448 g/mol. The molecule has 3 aromatic rings. The first-order chi connectivity index (χ1) is 15.4. The second-order valence-corrected chi connectivity index (χ2v) is 10.1. The average Bonchev–Trinajstić information content (AvgIpc) is 3.24. The summed E-state index contributed by atoms with van der Waals surface area (Å²) in [5.41, 5.74) is 4.24. The van der Waals surface area contributed by atoms with Crippen molar-refractivity contribution in [1.82, 2.24) is 0 Å². The van der Waals surface area contributed by atoms with Crippen molar-refractivity contribution in [3.8, 4) is 0 Å². The highest BCUT2D eigenvalue weighted by atomic mass is 32.2. The second kappa shape index (κ2) is 7.67. The van der Waals surface area contributed by atoms with E-state index in [2.05, 4.69) is 5.32 Å². The summed E-state index contributed by atoms with van der Waals surface area (Å²) in [6.45, 7) is 3.84. The van der Waals surface area contributed by atoms with Gasteiger partial charge in [-0.1, -0.05) is 18.2 Å². The molecule has 0 amide bonds. The summed E-state index contributed by atoms with van der Waals surface area (Å²) in [5, 5.41) is 3.37. The van der Waals surface area contributed by atoms with Crippen molar-refractivity contribution in [2.24, 2.45) is 0 Å². The Bertz CT molecular complexity index is 1340. The maximum Gasteiger partial charge on any atom is 0.265 e. The van der Waals surface area contributed by atoms with E-state index in [1.165, 1.54) is 10.6 Å². The van der Waals surface area contributed by atoms with Gasteiger partial charge in [0.15, 0.2) is 5.78 Å². The van der Waals surface area contributed by atoms with Crippen LogP contribution in [0.2, 0.25) is 0 Å². The number of hydrogen-bond donors (Lipinski definition) is 1. The first kappa shape index (κ1) is 20.6. The number of allylic oxidation sites excluding steroid dienone is 1. The fourth-order valence-corrected chi connectivity index (χ4v) is 6.16. The zero-order chi connectivity index (χ0) is 22.5. The van der Waals surface area contributed by atoms with E-state index >= 15 is 0 Å². The third-order valence-corrected chi connectivity index (χ3v) is 8.01. The summed E-state index contributed by atoms with van der Waals surface area (Å²) in [5.74, 6) is 0.354. The molecule has 5 rings (SSSR count). The molecule has 0 fully saturated rings. The molecular formula is C25H24N2O4S. The molecule has 0 unspecified atom stereocenters. The van der Waals surface area contributed by atoms with Crippen LogP contribution in [0.15, 0.2) is 81.4 Å². The SMILES string of the molecule is Cc1ccc(S(=O)(=O)N2c3ccccc3NC3=C(C(=O)CCC3)[C@H]2c2ccco2)cc1C. The summed E-state index contributed by atoms with van der Waals surface area (Å²) in [7, 11) is -4.04. The number of para-hydroxylation sites is 2. The number of Topliss-reactive ketones (excluding diaryl/α,β-unsaturated/α-hetero) is 1. The van der Waals surface area contributed by atoms with Crippen molar-refractivity contribution >= 4 is 27.2 Å². The van der Waals surface area contributed by atoms with Gasteiger partial charge in [0.2, 0.25) is 0 Å². The third-order valence-electron chi connectivity index (χ3n) is 6.24. The highest BCUT2D eigenvalue weighted by Crippen LogP contribution is 2.47. The Hall–Kier alpha value is -3.32. The van der Waals surface area contributed by atoms with Crippen LogP contribution < -0.4 is 9.62 Å². The minimum atomic E-state index is -4.04. The average molecular weight is 449 g/mol. The molecule has 0 saturated carbocycles. The maximum absolute atomic E-state index is 14.2. The first-order valence-corrected chi connectivity index (χ1v) is 12.1. The van der Waals surface area contributed by atoms with Gasteiger partial charge in [-0.25, -0.2) is 12.7 Å². The number of aryl methyl sites for hydroxylation is 2. The second-order valence-electron chi connectivity index (χ2n) is 8.28. The molecule has 1 aromatic heterocycles. The smallest absolute Gasteiger partial charge is 0.265 e. The summed E-state index contributed by atoms with van der Waals surface area (Å²) in [4.78, 5) is 13.4. The zero-order valence-corrected chi connectivity index (χ0v) is 18.8. The summed E-state index contributed by atoms with van der Waals surface area (Å²) in [6.07, 6.45) is 3.28. The lowest BCUT2D eigenvalue weighted by Gasteiger charge is -2.33. The van der Waals surface area contributed by atoms with Crippen LogP contribution in [0.25, 0.3) is 0 Å². The predicted molar refractivity (Wildman–Crippen MR) is 123 cm³/mol. The number of furan rings is 1. The lowest BCUT2D eigenvalue weighted by molar-refractivity contribution is -0.116. The van der Waals surface area contributed by atoms with E-state index in [4.69, 9.17) is 4.42 Å². The normalized spacial score (nSPS) is 18.6. The van der Waals surface area contributed by atoms with Gasteiger partial charge in [0.25, 0.3) is 10.0 Å². The molecule has 6 nitrogen and oxygen atoms in total. The molecule has 164 valence electrons. The molecule has 2 heterocycles. The van der Waals surface area contributed by atoms with E-state index in [1.54, 1.807) is 36.4 Å². The standard InChI is InChI=1S/C25H24N2O4S/c1-16-12-13-18(15-17(16)2)32(29,30)27-21-9-4-3-7-19(21)26-20-8-5-10-22(28)24(20)25(27)23-11-6-14-31-23/h3-4,6-7,9,11-15,25-26H,5,8,10H2,1-2H3/t25-/m1/s1. The number of sulfonamides is 1. The largest absolute Gasteiger partial charge is 0.467 e. The highest BCUT2D eigenvalue weighted by molar-refractivity contribution is 7.92. The Morgan fingerprint density at radius 2 is 1.81 bits per heavy atom. The molecule has 0 radical (unpaired) electrons. The van der Waals surface area contributed by atoms with Gasteiger partial charge < -0.3 is 9.73 Å². The molecule has 32 heavy (non-hydrogen) atoms. The van der Waals surface area contributed by atoms with E-state index in [0.717, 1.165) is 23.2 Å². The molecule has 0 spiro atoms. The fraction of sp³-hybridized carbons (Fsp3) is 0.240. The lowest BCUT2D eigenvalue weighted by atomic mass is 9.89. The molecule has 0 saturated heterocycles. The van der Waals surface area contributed by atoms with Gasteiger partial charge in [-0.05, 0) is 74.2 Å². The number of fused-ring (bicyclic) bond motifs is 1. The van der Waals surface area contributed by atoms with Crippen LogP contribution in [-0.4, -0.2) is 14.2 Å². The Kier molecular flexibility index (Phi) is 4.93. The number of anilines is 2. The minimum absolute atomic E-state index is 0.0618. The predicted octanol–water partition coefficient (Wildman–Crippen LogP) is 5.27. The Labute approximate surface area is 187 Å². The van der Waals surface area contributed by atoms with Gasteiger partial charge in [-0.2, -0.15) is 0 Å². The van der Waals surface area contributed by atoms with Crippen molar-refractivity contribution in [2.45, 2.75) is 44.0 Å². The first-order valence-electron chi connectivity index (χ1n) is 10.7. The van der Waals surface area contributed by atoms with Crippen LogP contribution in [0.4, 0.5) is 11.4 Å². The quantitative estimate of drug-likeness (QED) is 0.591. The minimum Gasteiger partial charge on any atom is -0.467 e. The number of carbonyl (C=O) groups excluding carboxylic acids is 1. The summed E-state index contributed by atoms with van der Waals surface area (Å²) >= 11 is 0. The van der Waals surface area contributed by atoms with Crippen molar-refractivity contribution < 1.29 is 17.6 Å². The van der Waals surface area contributed by atoms with Gasteiger partial charge in [-0.3, -0.25) is 4.79 Å². The number of rotatable bonds is 3. The molecular weight excluding hydrogens is 424 g/mol. The molecule has 0 bridgehead atoms. The molecule has 1 N–H and O–H groups in total. The zero-order valence-electron chi connectivity index (χ0n) is 18.0. The van der Waals surface area contributed by atoms with Crippen LogP contribution in [0, 0.1) is 13.8 Å². The highest BCUT2D eigenvalue weighted by Gasteiger charge is 2.43. The number of carbonyl (C=O) groups is 1. The Morgan fingerprint density at radius 1 is 1.00 bits per heavy atom.